The first-order valence-corrected chi connectivity index (χ1v) is 10.9. The fraction of sp³-hybridized carbons (Fsp3) is 0.478. The molecule has 31 heavy (non-hydrogen) atoms. The molecule has 0 spiro atoms. The van der Waals surface area contributed by atoms with Crippen LogP contribution in [0.5, 0.6) is 0 Å². The van der Waals surface area contributed by atoms with E-state index >= 15 is 0 Å². The minimum atomic E-state index is -0.0338. The zero-order valence-electron chi connectivity index (χ0n) is 18.1. The number of anilines is 1. The number of nitrogens with zero attached hydrogens (tertiary/aromatic N) is 4. The van der Waals surface area contributed by atoms with Crippen molar-refractivity contribution in [2.75, 3.05) is 57.3 Å². The first-order chi connectivity index (χ1) is 14.7. The third-order valence-electron chi connectivity index (χ3n) is 5.84. The minimum absolute atomic E-state index is 0. The topological polar surface area (TPSA) is 64.3 Å². The minimum Gasteiger partial charge on any atom is -0.459 e. The molecule has 8 heteroatoms. The Balaban J connectivity index is 0.00000272. The standard InChI is InChI=1S/C23H31N5O2.HI/c1-2-24-23(25-17-19-10-11-28(18-19)20-7-4-3-5-8-20)27-14-12-26(13-15-27)22(29)21-9-6-16-30-21;/h3-9,16,19H,2,10-15,17-18H2,1H3,(H,24,25);1H. The molecular weight excluding hydrogens is 505 g/mol. The lowest BCUT2D eigenvalue weighted by Gasteiger charge is -2.36. The second kappa shape index (κ2) is 11.4. The Labute approximate surface area is 201 Å². The number of aliphatic imine (C=N–C) groups is 1. The van der Waals surface area contributed by atoms with Crippen molar-refractivity contribution < 1.29 is 9.21 Å². The van der Waals surface area contributed by atoms with Crippen LogP contribution in [-0.2, 0) is 0 Å². The highest BCUT2D eigenvalue weighted by molar-refractivity contribution is 14.0. The van der Waals surface area contributed by atoms with Gasteiger partial charge in [0.15, 0.2) is 11.7 Å². The predicted molar refractivity (Wildman–Crippen MR) is 134 cm³/mol. The number of carbonyl (C=O) groups excluding carboxylic acids is 1. The van der Waals surface area contributed by atoms with Gasteiger partial charge in [-0.15, -0.1) is 24.0 Å². The number of carbonyl (C=O) groups is 1. The van der Waals surface area contributed by atoms with Crippen molar-refractivity contribution in [1.82, 2.24) is 15.1 Å². The molecular formula is C23H32IN5O2. The van der Waals surface area contributed by atoms with Crippen molar-refractivity contribution >= 4 is 41.5 Å². The van der Waals surface area contributed by atoms with Crippen molar-refractivity contribution in [3.05, 3.63) is 54.5 Å². The molecule has 2 aromatic rings. The maximum Gasteiger partial charge on any atom is 0.289 e. The number of para-hydroxylation sites is 1. The van der Waals surface area contributed by atoms with Gasteiger partial charge in [0.1, 0.15) is 0 Å². The molecule has 2 saturated heterocycles. The summed E-state index contributed by atoms with van der Waals surface area (Å²) < 4.78 is 5.25. The predicted octanol–water partition coefficient (Wildman–Crippen LogP) is 3.15. The maximum absolute atomic E-state index is 12.5. The van der Waals surface area contributed by atoms with Gasteiger partial charge in [-0.05, 0) is 43.5 Å². The highest BCUT2D eigenvalue weighted by Gasteiger charge is 2.26. The van der Waals surface area contributed by atoms with Crippen LogP contribution in [0.1, 0.15) is 23.9 Å². The number of furan rings is 1. The summed E-state index contributed by atoms with van der Waals surface area (Å²) in [6.07, 6.45) is 2.71. The number of halogens is 1. The van der Waals surface area contributed by atoms with Gasteiger partial charge in [0.2, 0.25) is 0 Å². The number of hydrogen-bond acceptors (Lipinski definition) is 4. The van der Waals surface area contributed by atoms with Crippen LogP contribution in [0.4, 0.5) is 5.69 Å². The second-order valence-electron chi connectivity index (χ2n) is 7.89. The van der Waals surface area contributed by atoms with Gasteiger partial charge in [-0.3, -0.25) is 9.79 Å². The molecule has 1 aromatic carbocycles. The first-order valence-electron chi connectivity index (χ1n) is 10.9. The summed E-state index contributed by atoms with van der Waals surface area (Å²) in [7, 11) is 0. The van der Waals surface area contributed by atoms with Gasteiger partial charge >= 0.3 is 0 Å². The molecule has 2 aliphatic heterocycles. The molecule has 1 unspecified atom stereocenters. The zero-order valence-corrected chi connectivity index (χ0v) is 20.4. The van der Waals surface area contributed by atoms with Crippen molar-refractivity contribution in [3.8, 4) is 0 Å². The van der Waals surface area contributed by atoms with Gasteiger partial charge in [-0.2, -0.15) is 0 Å². The highest BCUT2D eigenvalue weighted by Crippen LogP contribution is 2.23. The van der Waals surface area contributed by atoms with Gasteiger partial charge in [-0.1, -0.05) is 18.2 Å². The van der Waals surface area contributed by atoms with Crippen LogP contribution in [0.15, 0.2) is 58.1 Å². The number of hydrogen-bond donors (Lipinski definition) is 1. The van der Waals surface area contributed by atoms with E-state index in [2.05, 4.69) is 52.4 Å². The second-order valence-corrected chi connectivity index (χ2v) is 7.89. The van der Waals surface area contributed by atoms with Crippen molar-refractivity contribution in [2.45, 2.75) is 13.3 Å². The number of piperazine rings is 1. The smallest absolute Gasteiger partial charge is 0.289 e. The Kier molecular flexibility index (Phi) is 8.62. The Morgan fingerprint density at radius 1 is 1.06 bits per heavy atom. The van der Waals surface area contributed by atoms with E-state index in [9.17, 15) is 4.79 Å². The van der Waals surface area contributed by atoms with E-state index in [4.69, 9.17) is 9.41 Å². The SMILES string of the molecule is CCNC(=NCC1CCN(c2ccccc2)C1)N1CCN(C(=O)c2ccco2)CC1.I. The summed E-state index contributed by atoms with van der Waals surface area (Å²) in [6.45, 7) is 8.82. The maximum atomic E-state index is 12.5. The summed E-state index contributed by atoms with van der Waals surface area (Å²) in [5.41, 5.74) is 1.30. The number of amides is 1. The number of guanidine groups is 1. The third-order valence-corrected chi connectivity index (χ3v) is 5.84. The lowest BCUT2D eigenvalue weighted by atomic mass is 10.1. The number of rotatable bonds is 5. The van der Waals surface area contributed by atoms with E-state index in [-0.39, 0.29) is 29.9 Å². The molecule has 0 bridgehead atoms. The molecule has 1 N–H and O–H groups in total. The normalized spacial score (nSPS) is 19.3. The van der Waals surface area contributed by atoms with Crippen LogP contribution in [0.25, 0.3) is 0 Å². The van der Waals surface area contributed by atoms with Crippen LogP contribution in [0.3, 0.4) is 0 Å². The fourth-order valence-electron chi connectivity index (χ4n) is 4.17. The van der Waals surface area contributed by atoms with E-state index in [1.165, 1.54) is 12.1 Å². The molecule has 1 amide bonds. The average molecular weight is 537 g/mol. The molecule has 2 aliphatic rings. The van der Waals surface area contributed by atoms with Gasteiger partial charge in [0, 0.05) is 58.0 Å². The van der Waals surface area contributed by atoms with E-state index in [0.717, 1.165) is 45.2 Å². The van der Waals surface area contributed by atoms with Gasteiger partial charge in [0.05, 0.1) is 6.26 Å². The van der Waals surface area contributed by atoms with Crippen molar-refractivity contribution in [2.24, 2.45) is 10.9 Å². The fourth-order valence-corrected chi connectivity index (χ4v) is 4.17. The molecule has 3 heterocycles. The van der Waals surface area contributed by atoms with Crippen LogP contribution in [0.2, 0.25) is 0 Å². The van der Waals surface area contributed by atoms with E-state index in [1.807, 2.05) is 4.90 Å². The summed E-state index contributed by atoms with van der Waals surface area (Å²) in [6, 6.07) is 14.1. The monoisotopic (exact) mass is 537 g/mol. The van der Waals surface area contributed by atoms with Crippen LogP contribution >= 0.6 is 24.0 Å². The lowest BCUT2D eigenvalue weighted by molar-refractivity contribution is 0.0657. The van der Waals surface area contributed by atoms with Crippen molar-refractivity contribution in [1.29, 1.82) is 0 Å². The van der Waals surface area contributed by atoms with E-state index in [1.54, 1.807) is 18.4 Å². The number of benzene rings is 1. The zero-order chi connectivity index (χ0) is 20.8. The first kappa shape index (κ1) is 23.4. The lowest BCUT2D eigenvalue weighted by Crippen LogP contribution is -2.53. The van der Waals surface area contributed by atoms with E-state index in [0.29, 0.717) is 24.8 Å². The summed E-state index contributed by atoms with van der Waals surface area (Å²) in [5.74, 6) is 1.91. The molecule has 0 radical (unpaired) electrons. The Bertz CT molecular complexity index is 835. The van der Waals surface area contributed by atoms with Crippen LogP contribution in [-0.4, -0.2) is 74.0 Å². The Morgan fingerprint density at radius 2 is 1.81 bits per heavy atom. The quantitative estimate of drug-likeness (QED) is 0.361. The summed E-state index contributed by atoms with van der Waals surface area (Å²) in [5, 5.41) is 3.43. The third kappa shape index (κ3) is 5.93. The molecule has 2 fully saturated rings. The van der Waals surface area contributed by atoms with Gasteiger partial charge < -0.3 is 24.4 Å². The molecule has 4 rings (SSSR count). The average Bonchev–Trinajstić information content (AvgIpc) is 3.49. The molecule has 1 atom stereocenters. The number of nitrogens with one attached hydrogen (secondary N) is 1. The highest BCUT2D eigenvalue weighted by atomic mass is 127. The van der Waals surface area contributed by atoms with Crippen LogP contribution in [0, 0.1) is 5.92 Å². The largest absolute Gasteiger partial charge is 0.459 e. The molecule has 1 aromatic heterocycles. The Hall–Kier alpha value is -2.23. The van der Waals surface area contributed by atoms with Gasteiger partial charge in [0.25, 0.3) is 5.91 Å². The summed E-state index contributed by atoms with van der Waals surface area (Å²) in [4.78, 5) is 24.0. The van der Waals surface area contributed by atoms with Crippen molar-refractivity contribution in [3.63, 3.8) is 0 Å². The molecule has 0 saturated carbocycles. The molecule has 168 valence electrons. The molecule has 7 nitrogen and oxygen atoms in total. The molecule has 0 aliphatic carbocycles. The van der Waals surface area contributed by atoms with E-state index < -0.39 is 0 Å². The Morgan fingerprint density at radius 3 is 2.48 bits per heavy atom. The summed E-state index contributed by atoms with van der Waals surface area (Å²) >= 11 is 0. The van der Waals surface area contributed by atoms with Crippen LogP contribution < -0.4 is 10.2 Å². The van der Waals surface area contributed by atoms with Gasteiger partial charge in [-0.25, -0.2) is 0 Å².